The molecule has 0 spiro atoms. The minimum absolute atomic E-state index is 0.928. The first-order valence-corrected chi connectivity index (χ1v) is 25.7. The van der Waals surface area contributed by atoms with Crippen LogP contribution in [0.25, 0.3) is 22.3 Å². The van der Waals surface area contributed by atoms with E-state index in [4.69, 9.17) is 0 Å². The van der Waals surface area contributed by atoms with Crippen LogP contribution < -0.4 is 9.80 Å². The van der Waals surface area contributed by atoms with Crippen LogP contribution in [0.15, 0.2) is 214 Å². The smallest absolute Gasteiger partial charge is 0.0462 e. The van der Waals surface area contributed by atoms with Crippen molar-refractivity contribution in [3.05, 3.63) is 214 Å². The fourth-order valence-corrected chi connectivity index (χ4v) is 5.02. The number of hydrogen-bond acceptors (Lipinski definition) is 2. The lowest BCUT2D eigenvalue weighted by atomic mass is 9.99. The van der Waals surface area contributed by atoms with Gasteiger partial charge in [0.05, 0.1) is 0 Å². The highest BCUT2D eigenvalue weighted by Crippen LogP contribution is 2.33. The molecular formula is C65H106N2. The van der Waals surface area contributed by atoms with Gasteiger partial charge in [-0.2, -0.15) is 0 Å². The molecule has 2 nitrogen and oxygen atoms in total. The van der Waals surface area contributed by atoms with Crippen molar-refractivity contribution in [2.24, 2.45) is 0 Å². The maximum atomic E-state index is 4.03. The Morgan fingerprint density at radius 3 is 0.955 bits per heavy atom. The van der Waals surface area contributed by atoms with Crippen LogP contribution >= 0.6 is 0 Å². The summed E-state index contributed by atoms with van der Waals surface area (Å²) in [4.78, 5) is 4.42. The van der Waals surface area contributed by atoms with Gasteiger partial charge in [-0.25, -0.2) is 0 Å². The van der Waals surface area contributed by atoms with E-state index in [1.54, 1.807) is 24.3 Å². The van der Waals surface area contributed by atoms with Gasteiger partial charge in [0, 0.05) is 34.2 Å². The van der Waals surface area contributed by atoms with E-state index in [-0.39, 0.29) is 0 Å². The quantitative estimate of drug-likeness (QED) is 0.123. The molecule has 376 valence electrons. The molecule has 0 atom stereocenters. The summed E-state index contributed by atoms with van der Waals surface area (Å²) < 4.78 is 0. The lowest BCUT2D eigenvalue weighted by Gasteiger charge is -2.27. The van der Waals surface area contributed by atoms with E-state index in [0.29, 0.717) is 0 Å². The number of para-hydroxylation sites is 1. The highest BCUT2D eigenvalue weighted by atomic mass is 15.2. The largest absolute Gasteiger partial charge is 0.315 e. The second-order valence-corrected chi connectivity index (χ2v) is 10.4. The van der Waals surface area contributed by atoms with Gasteiger partial charge in [-0.15, -0.1) is 0 Å². The number of nitrogens with zero attached hydrogens (tertiary/aromatic N) is 2. The van der Waals surface area contributed by atoms with E-state index >= 15 is 0 Å². The molecule has 0 unspecified atom stereocenters. The Bertz CT molecular complexity index is 1740. The van der Waals surface area contributed by atoms with Crippen molar-refractivity contribution in [3.63, 3.8) is 0 Å². The third-order valence-electron chi connectivity index (χ3n) is 7.39. The maximum Gasteiger partial charge on any atom is 0.0462 e. The standard InChI is InChI=1S/C41H40N2.C4H6.10C2H6/c1-7-15-37(11-5)43(38(16-8-2)17-9-3)41-30-26-36(27-31-41)34-22-20-33(21-23-34)35-24-28-40(29-25-35)42(32(6)10-4)39-18-13-12-14-19-39;1-3-4-2;10*1-2/h7-31H,1-2,5H2,3-4,6H3;3-4H,1-2H2;10*1-2H3/b17-9-,32-10+,37-15+,38-16+;;;;;;;;;;;. The monoisotopic (exact) mass is 915 g/mol. The molecule has 0 aliphatic heterocycles. The Morgan fingerprint density at radius 1 is 0.373 bits per heavy atom. The Balaban J connectivity index is -0.000000208. The average molecular weight is 916 g/mol. The number of benzene rings is 4. The van der Waals surface area contributed by atoms with Crippen molar-refractivity contribution in [3.8, 4) is 22.3 Å². The molecule has 4 aromatic rings. The number of allylic oxidation sites excluding steroid dienone is 11. The van der Waals surface area contributed by atoms with Crippen molar-refractivity contribution < 1.29 is 0 Å². The normalized spacial score (nSPS) is 9.03. The highest BCUT2D eigenvalue weighted by Gasteiger charge is 2.14. The van der Waals surface area contributed by atoms with E-state index in [9.17, 15) is 0 Å². The van der Waals surface area contributed by atoms with Gasteiger partial charge in [0.25, 0.3) is 0 Å². The van der Waals surface area contributed by atoms with Crippen molar-refractivity contribution in [1.29, 1.82) is 0 Å². The van der Waals surface area contributed by atoms with Gasteiger partial charge in [0.2, 0.25) is 0 Å². The lowest BCUT2D eigenvalue weighted by Crippen LogP contribution is -2.19. The molecular weight excluding hydrogens is 809 g/mol. The first-order chi connectivity index (χ1) is 33.0. The summed E-state index contributed by atoms with van der Waals surface area (Å²) in [7, 11) is 0. The Hall–Kier alpha value is -5.86. The molecule has 0 saturated heterocycles. The molecule has 0 saturated carbocycles. The molecule has 67 heavy (non-hydrogen) atoms. The molecule has 4 aromatic carbocycles. The zero-order valence-corrected chi connectivity index (χ0v) is 48.0. The second-order valence-electron chi connectivity index (χ2n) is 10.4. The third-order valence-corrected chi connectivity index (χ3v) is 7.39. The van der Waals surface area contributed by atoms with Crippen LogP contribution in [0.3, 0.4) is 0 Å². The highest BCUT2D eigenvalue weighted by molar-refractivity contribution is 5.75. The zero-order chi connectivity index (χ0) is 54.0. The van der Waals surface area contributed by atoms with E-state index in [2.05, 4.69) is 166 Å². The molecule has 0 aromatic heterocycles. The molecule has 0 amide bonds. The van der Waals surface area contributed by atoms with Gasteiger partial charge >= 0.3 is 0 Å². The summed E-state index contributed by atoms with van der Waals surface area (Å²) in [6.07, 6.45) is 18.8. The SMILES string of the molecule is C=C/C=C(\C=C)N(C(/C=C\C)=C/C=C)c1ccc(-c2ccc(-c3ccc(N(/C(C)=C/C)c4ccccc4)cc3)cc2)cc1.C=CC=C.CC.CC.CC.CC.CC.CC.CC.CC.CC.CC. The fraction of sp³-hybridized carbons (Fsp3) is 0.354. The lowest BCUT2D eigenvalue weighted by molar-refractivity contribution is 1.14. The summed E-state index contributed by atoms with van der Waals surface area (Å²) in [6, 6.07) is 36.6. The zero-order valence-electron chi connectivity index (χ0n) is 48.0. The predicted octanol–water partition coefficient (Wildman–Crippen LogP) is 23.4. The van der Waals surface area contributed by atoms with Gasteiger partial charge in [0.1, 0.15) is 0 Å². The van der Waals surface area contributed by atoms with Crippen molar-refractivity contribution in [1.82, 2.24) is 0 Å². The first-order valence-electron chi connectivity index (χ1n) is 25.7. The van der Waals surface area contributed by atoms with Crippen molar-refractivity contribution >= 4 is 17.1 Å². The molecule has 0 aliphatic rings. The fourth-order valence-electron chi connectivity index (χ4n) is 5.02. The molecule has 2 heteroatoms. The molecule has 0 bridgehead atoms. The molecule has 0 aliphatic carbocycles. The third kappa shape index (κ3) is 33.3. The Morgan fingerprint density at radius 2 is 0.672 bits per heavy atom. The van der Waals surface area contributed by atoms with Crippen LogP contribution in [0.4, 0.5) is 17.1 Å². The van der Waals surface area contributed by atoms with E-state index in [0.717, 1.165) is 34.0 Å². The summed E-state index contributed by atoms with van der Waals surface area (Å²) in [5.41, 5.74) is 11.1. The van der Waals surface area contributed by atoms with Gasteiger partial charge < -0.3 is 9.80 Å². The topological polar surface area (TPSA) is 6.48 Å². The van der Waals surface area contributed by atoms with Crippen LogP contribution in [-0.4, -0.2) is 0 Å². The van der Waals surface area contributed by atoms with Gasteiger partial charge in [0.15, 0.2) is 0 Å². The van der Waals surface area contributed by atoms with Crippen LogP contribution in [0.5, 0.6) is 0 Å². The van der Waals surface area contributed by atoms with Crippen molar-refractivity contribution in [2.75, 3.05) is 9.80 Å². The van der Waals surface area contributed by atoms with Crippen LogP contribution in [0.2, 0.25) is 0 Å². The molecule has 0 radical (unpaired) electrons. The summed E-state index contributed by atoms with van der Waals surface area (Å²) in [5, 5.41) is 0. The van der Waals surface area contributed by atoms with Crippen molar-refractivity contribution in [2.45, 2.75) is 159 Å². The van der Waals surface area contributed by atoms with Crippen LogP contribution in [-0.2, 0) is 0 Å². The number of hydrogen-bond donors (Lipinski definition) is 0. The van der Waals surface area contributed by atoms with E-state index < -0.39 is 0 Å². The van der Waals surface area contributed by atoms with Crippen LogP contribution in [0.1, 0.15) is 159 Å². The summed E-state index contributed by atoms with van der Waals surface area (Å²) in [5.74, 6) is 0. The molecule has 0 heterocycles. The van der Waals surface area contributed by atoms with Gasteiger partial charge in [-0.3, -0.25) is 0 Å². The number of rotatable bonds is 13. The van der Waals surface area contributed by atoms with Gasteiger partial charge in [-0.05, 0) is 104 Å². The minimum atomic E-state index is 0.928. The summed E-state index contributed by atoms with van der Waals surface area (Å²) in [6.45, 7) is 64.7. The molecule has 4 rings (SSSR count). The first kappa shape index (κ1) is 78.3. The maximum absolute atomic E-state index is 4.03. The van der Waals surface area contributed by atoms with E-state index in [1.807, 2.05) is 176 Å². The molecule has 0 fully saturated rings. The predicted molar refractivity (Wildman–Crippen MR) is 323 cm³/mol. The van der Waals surface area contributed by atoms with E-state index in [1.165, 1.54) is 22.4 Å². The second kappa shape index (κ2) is 64.4. The Kier molecular flexibility index (Phi) is 75.3. The molecule has 0 N–H and O–H groups in total. The summed E-state index contributed by atoms with van der Waals surface area (Å²) >= 11 is 0. The average Bonchev–Trinajstić information content (AvgIpc) is 3.45. The Labute approximate surface area is 420 Å². The number of anilines is 3. The minimum Gasteiger partial charge on any atom is -0.315 e. The van der Waals surface area contributed by atoms with Gasteiger partial charge in [-0.1, -0.05) is 275 Å². The van der Waals surface area contributed by atoms with Crippen LogP contribution in [0, 0.1) is 0 Å².